The minimum Gasteiger partial charge on any atom is -0.393 e. The number of nitrogens with zero attached hydrogens (tertiary/aromatic N) is 2. The van der Waals surface area contributed by atoms with Gasteiger partial charge in [0.2, 0.25) is 0 Å². The molecule has 1 aromatic heterocycles. The van der Waals surface area contributed by atoms with Crippen molar-refractivity contribution in [2.24, 2.45) is 0 Å². The van der Waals surface area contributed by atoms with E-state index in [1.807, 2.05) is 24.6 Å². The predicted octanol–water partition coefficient (Wildman–Crippen LogP) is 2.95. The van der Waals surface area contributed by atoms with E-state index in [0.29, 0.717) is 12.2 Å². The van der Waals surface area contributed by atoms with Gasteiger partial charge in [0.1, 0.15) is 11.5 Å². The van der Waals surface area contributed by atoms with Crippen molar-refractivity contribution in [3.63, 3.8) is 0 Å². The van der Waals surface area contributed by atoms with Gasteiger partial charge in [0.05, 0.1) is 12.2 Å². The normalized spacial score (nSPS) is 11.3. The Labute approximate surface area is 124 Å². The highest BCUT2D eigenvalue weighted by molar-refractivity contribution is 5.43. The molecule has 0 atom stereocenters. The molecule has 0 aliphatic rings. The van der Waals surface area contributed by atoms with Crippen LogP contribution in [0.5, 0.6) is 0 Å². The molecule has 5 heteroatoms. The first-order chi connectivity index (χ1) is 9.95. The van der Waals surface area contributed by atoms with Crippen LogP contribution in [0.25, 0.3) is 0 Å². The summed E-state index contributed by atoms with van der Waals surface area (Å²) in [5.74, 6) is -0.135. The average Bonchev–Trinajstić information content (AvgIpc) is 2.64. The molecule has 0 aliphatic heterocycles. The first-order valence-electron chi connectivity index (χ1n) is 7.29. The molecule has 21 heavy (non-hydrogen) atoms. The van der Waals surface area contributed by atoms with E-state index in [0.717, 1.165) is 24.2 Å². The lowest BCUT2D eigenvalue weighted by Gasteiger charge is -2.16. The maximum Gasteiger partial charge on any atom is 0.290 e. The molecule has 0 spiro atoms. The third kappa shape index (κ3) is 3.01. The second-order valence-electron chi connectivity index (χ2n) is 5.57. The molecular formula is C16H22FN3O. The van der Waals surface area contributed by atoms with Crippen molar-refractivity contribution in [1.29, 1.82) is 0 Å². The maximum atomic E-state index is 13.3. The van der Waals surface area contributed by atoms with Gasteiger partial charge in [0.25, 0.3) is 5.56 Å². The van der Waals surface area contributed by atoms with Crippen LogP contribution < -0.4 is 11.3 Å². The van der Waals surface area contributed by atoms with Crippen molar-refractivity contribution < 1.29 is 4.39 Å². The van der Waals surface area contributed by atoms with Crippen LogP contribution in [0, 0.1) is 5.82 Å². The Balaban J connectivity index is 2.52. The molecule has 0 amide bonds. The molecule has 0 fully saturated rings. The summed E-state index contributed by atoms with van der Waals surface area (Å²) in [5, 5.41) is 0. The quantitative estimate of drug-likeness (QED) is 0.920. The Morgan fingerprint density at radius 2 is 2.00 bits per heavy atom. The molecule has 2 N–H and O–H groups in total. The molecule has 0 unspecified atom stereocenters. The molecule has 0 radical (unpaired) electrons. The number of rotatable bonds is 5. The first-order valence-corrected chi connectivity index (χ1v) is 7.29. The zero-order valence-electron chi connectivity index (χ0n) is 12.8. The van der Waals surface area contributed by atoms with Crippen LogP contribution in [-0.2, 0) is 13.1 Å². The zero-order chi connectivity index (χ0) is 15.6. The summed E-state index contributed by atoms with van der Waals surface area (Å²) in [6.45, 7) is 7.13. The van der Waals surface area contributed by atoms with E-state index in [9.17, 15) is 9.18 Å². The van der Waals surface area contributed by atoms with Gasteiger partial charge >= 0.3 is 0 Å². The van der Waals surface area contributed by atoms with Crippen LogP contribution in [0.2, 0.25) is 0 Å². The van der Waals surface area contributed by atoms with Gasteiger partial charge in [-0.3, -0.25) is 9.48 Å². The van der Waals surface area contributed by atoms with Gasteiger partial charge in [0.15, 0.2) is 0 Å². The molecule has 0 aliphatic carbocycles. The molecule has 0 bridgehead atoms. The van der Waals surface area contributed by atoms with E-state index >= 15 is 0 Å². The highest BCUT2D eigenvalue weighted by Gasteiger charge is 2.19. The molecule has 0 saturated carbocycles. The second-order valence-corrected chi connectivity index (χ2v) is 5.57. The van der Waals surface area contributed by atoms with Gasteiger partial charge in [-0.1, -0.05) is 32.9 Å². The van der Waals surface area contributed by atoms with Crippen molar-refractivity contribution in [2.75, 3.05) is 5.73 Å². The Hall–Kier alpha value is -2.04. The number of hydrogen-bond acceptors (Lipinski definition) is 2. The van der Waals surface area contributed by atoms with E-state index in [1.54, 1.807) is 10.7 Å². The van der Waals surface area contributed by atoms with E-state index in [2.05, 4.69) is 6.92 Å². The minimum absolute atomic E-state index is 0.165. The number of nitrogen functional groups attached to an aromatic ring is 1. The molecule has 0 saturated heterocycles. The average molecular weight is 291 g/mol. The highest BCUT2D eigenvalue weighted by atomic mass is 19.1. The summed E-state index contributed by atoms with van der Waals surface area (Å²) in [7, 11) is 0. The molecule has 1 aromatic carbocycles. The summed E-state index contributed by atoms with van der Waals surface area (Å²) in [4.78, 5) is 12.4. The number of aromatic nitrogens is 2. The van der Waals surface area contributed by atoms with Crippen LogP contribution in [0.3, 0.4) is 0 Å². The van der Waals surface area contributed by atoms with Gasteiger partial charge in [-0.05, 0) is 30.0 Å². The van der Waals surface area contributed by atoms with Crippen LogP contribution >= 0.6 is 0 Å². The number of anilines is 1. The van der Waals surface area contributed by atoms with E-state index < -0.39 is 0 Å². The van der Waals surface area contributed by atoms with Gasteiger partial charge < -0.3 is 5.73 Å². The lowest BCUT2D eigenvalue weighted by molar-refractivity contribution is 0.442. The molecule has 4 nitrogen and oxygen atoms in total. The molecule has 2 rings (SSSR count). The fourth-order valence-electron chi connectivity index (χ4n) is 2.65. The number of nitrogens with two attached hydrogens (primary N) is 1. The monoisotopic (exact) mass is 291 g/mol. The molecule has 1 heterocycles. The molecule has 114 valence electrons. The van der Waals surface area contributed by atoms with Crippen LogP contribution in [-0.4, -0.2) is 9.36 Å². The van der Waals surface area contributed by atoms with Crippen molar-refractivity contribution in [3.8, 4) is 0 Å². The Kier molecular flexibility index (Phi) is 4.50. The topological polar surface area (TPSA) is 52.9 Å². The SMILES string of the molecule is CCCn1c(C(C)C)c(N)c(=O)n1Cc1cccc(F)c1. The number of hydrogen-bond donors (Lipinski definition) is 1. The fraction of sp³-hybridized carbons (Fsp3) is 0.438. The molecular weight excluding hydrogens is 269 g/mol. The Bertz CT molecular complexity index is 685. The predicted molar refractivity (Wildman–Crippen MR) is 83.0 cm³/mol. The molecule has 2 aromatic rings. The fourth-order valence-corrected chi connectivity index (χ4v) is 2.65. The summed E-state index contributed by atoms with van der Waals surface area (Å²) in [6.07, 6.45) is 0.899. The summed E-state index contributed by atoms with van der Waals surface area (Å²) >= 11 is 0. The lowest BCUT2D eigenvalue weighted by atomic mass is 10.1. The smallest absolute Gasteiger partial charge is 0.290 e. The third-order valence-corrected chi connectivity index (χ3v) is 3.51. The third-order valence-electron chi connectivity index (χ3n) is 3.51. The standard InChI is InChI=1S/C16H22FN3O/c1-4-8-19-15(11(2)3)14(18)16(21)20(19)10-12-6-5-7-13(17)9-12/h5-7,9,11H,4,8,10,18H2,1-3H3. The van der Waals surface area contributed by atoms with E-state index in [4.69, 9.17) is 5.73 Å². The lowest BCUT2D eigenvalue weighted by Crippen LogP contribution is -2.25. The first kappa shape index (κ1) is 15.4. The summed E-state index contributed by atoms with van der Waals surface area (Å²) in [6, 6.07) is 6.30. The maximum absolute atomic E-state index is 13.3. The van der Waals surface area contributed by atoms with Crippen molar-refractivity contribution in [1.82, 2.24) is 9.36 Å². The van der Waals surface area contributed by atoms with Gasteiger partial charge in [-0.2, -0.15) is 0 Å². The van der Waals surface area contributed by atoms with Crippen LogP contribution in [0.15, 0.2) is 29.1 Å². The van der Waals surface area contributed by atoms with E-state index in [1.165, 1.54) is 12.1 Å². The van der Waals surface area contributed by atoms with Gasteiger partial charge in [0, 0.05) is 6.54 Å². The second kappa shape index (κ2) is 6.16. The Morgan fingerprint density at radius 3 is 2.57 bits per heavy atom. The van der Waals surface area contributed by atoms with Crippen molar-refractivity contribution in [3.05, 3.63) is 51.7 Å². The summed E-state index contributed by atoms with van der Waals surface area (Å²) in [5.41, 5.74) is 7.71. The highest BCUT2D eigenvalue weighted by Crippen LogP contribution is 2.21. The number of benzene rings is 1. The van der Waals surface area contributed by atoms with Gasteiger partial charge in [-0.25, -0.2) is 9.07 Å². The zero-order valence-corrected chi connectivity index (χ0v) is 12.8. The van der Waals surface area contributed by atoms with Crippen LogP contribution in [0.1, 0.15) is 44.4 Å². The van der Waals surface area contributed by atoms with Gasteiger partial charge in [-0.15, -0.1) is 0 Å². The van der Waals surface area contributed by atoms with Crippen LogP contribution in [0.4, 0.5) is 10.1 Å². The minimum atomic E-state index is -0.300. The summed E-state index contributed by atoms with van der Waals surface area (Å²) < 4.78 is 16.9. The largest absolute Gasteiger partial charge is 0.393 e. The van der Waals surface area contributed by atoms with Crippen molar-refractivity contribution >= 4 is 5.69 Å². The Morgan fingerprint density at radius 1 is 1.29 bits per heavy atom. The van der Waals surface area contributed by atoms with E-state index in [-0.39, 0.29) is 17.3 Å². The number of halogens is 1. The van der Waals surface area contributed by atoms with Crippen molar-refractivity contribution in [2.45, 2.75) is 46.2 Å².